The van der Waals surface area contributed by atoms with Gasteiger partial charge in [0.25, 0.3) is 0 Å². The molecule has 6 rings (SSSR count). The number of benzene rings is 1. The Morgan fingerprint density at radius 3 is 2.37 bits per heavy atom. The van der Waals surface area contributed by atoms with Gasteiger partial charge < -0.3 is 24.9 Å². The van der Waals surface area contributed by atoms with Crippen LogP contribution >= 0.6 is 0 Å². The second kappa shape index (κ2) is 12.6. The van der Waals surface area contributed by atoms with Gasteiger partial charge in [0, 0.05) is 88.3 Å². The number of carbonyl (C=O) groups excluding carboxylic acids is 2. The van der Waals surface area contributed by atoms with Gasteiger partial charge in [-0.3, -0.25) is 14.5 Å². The number of nitrogens with zero attached hydrogens (tertiary/aromatic N) is 7. The van der Waals surface area contributed by atoms with Crippen molar-refractivity contribution >= 4 is 35.2 Å². The molecule has 0 radical (unpaired) electrons. The highest BCUT2D eigenvalue weighted by molar-refractivity contribution is 5.87. The average Bonchev–Trinajstić information content (AvgIpc) is 3.67. The van der Waals surface area contributed by atoms with E-state index in [1.165, 1.54) is 50.8 Å². The van der Waals surface area contributed by atoms with Gasteiger partial charge in [-0.15, -0.1) is 0 Å². The van der Waals surface area contributed by atoms with Gasteiger partial charge >= 0.3 is 0 Å². The Bertz CT molecular complexity index is 1320. The molecule has 1 unspecified atom stereocenters. The molecule has 230 valence electrons. The number of nitrogens with one attached hydrogen (secondary N) is 1. The minimum Gasteiger partial charge on any atom is -0.371 e. The largest absolute Gasteiger partial charge is 0.371 e. The fourth-order valence-corrected chi connectivity index (χ4v) is 7.41. The predicted molar refractivity (Wildman–Crippen MR) is 171 cm³/mol. The van der Waals surface area contributed by atoms with E-state index in [1.54, 1.807) is 0 Å². The van der Waals surface area contributed by atoms with Crippen LogP contribution in [-0.4, -0.2) is 115 Å². The molecule has 0 saturated carbocycles. The van der Waals surface area contributed by atoms with Gasteiger partial charge in [-0.2, -0.15) is 0 Å². The molecule has 1 aromatic carbocycles. The molecule has 4 fully saturated rings. The first-order valence-electron chi connectivity index (χ1n) is 16.0. The molecule has 10 nitrogen and oxygen atoms in total. The number of likely N-dealkylation sites (tertiary alicyclic amines) is 1. The number of piperazine rings is 1. The van der Waals surface area contributed by atoms with Crippen molar-refractivity contribution in [3.05, 3.63) is 48.3 Å². The van der Waals surface area contributed by atoms with E-state index in [0.717, 1.165) is 75.6 Å². The number of aryl methyl sites for hydroxylation is 1. The smallest absolute Gasteiger partial charge is 0.245 e. The van der Waals surface area contributed by atoms with E-state index in [2.05, 4.69) is 62.8 Å². The number of aldehydes is 1. The summed E-state index contributed by atoms with van der Waals surface area (Å²) in [6.45, 7) is 15.8. The molecule has 43 heavy (non-hydrogen) atoms. The summed E-state index contributed by atoms with van der Waals surface area (Å²) >= 11 is 0. The molecule has 1 aromatic heterocycles. The standard InChI is InChI=1S/C33H46N8O2/c1-4-28-32(41-17-13-33(24-41)12-16-40(23-33)30(43)5-2)36-31(29(22-42)35-28)34-25-6-8-26(9-7-25)38-14-10-27(11-15-38)39-20-18-37(3)19-21-39/h5-9,22,27H,2,4,10-21,23-24H2,1,3H3,(H,34,36). The third-order valence-electron chi connectivity index (χ3n) is 10.1. The number of anilines is 4. The normalized spacial score (nSPS) is 23.7. The fraction of sp³-hybridized carbons (Fsp3) is 0.576. The summed E-state index contributed by atoms with van der Waals surface area (Å²) in [6.07, 6.45) is 7.28. The first-order valence-corrected chi connectivity index (χ1v) is 16.0. The molecule has 2 aromatic rings. The molecule has 4 aliphatic rings. The summed E-state index contributed by atoms with van der Waals surface area (Å²) < 4.78 is 0. The quantitative estimate of drug-likeness (QED) is 0.369. The van der Waals surface area contributed by atoms with Crippen molar-refractivity contribution in [3.63, 3.8) is 0 Å². The van der Waals surface area contributed by atoms with E-state index in [-0.39, 0.29) is 11.3 Å². The van der Waals surface area contributed by atoms with Crippen molar-refractivity contribution in [2.24, 2.45) is 5.41 Å². The third-order valence-corrected chi connectivity index (χ3v) is 10.1. The summed E-state index contributed by atoms with van der Waals surface area (Å²) in [6, 6.07) is 9.16. The molecular weight excluding hydrogens is 540 g/mol. The molecular formula is C33H46N8O2. The minimum atomic E-state index is 0.00680. The molecule has 0 aliphatic carbocycles. The molecule has 1 spiro atoms. The maximum atomic E-state index is 12.2. The molecule has 0 bridgehead atoms. The topological polar surface area (TPSA) is 88.2 Å². The number of hydrogen-bond donors (Lipinski definition) is 1. The number of piperidine rings is 1. The van der Waals surface area contributed by atoms with Gasteiger partial charge in [-0.25, -0.2) is 9.97 Å². The highest BCUT2D eigenvalue weighted by Crippen LogP contribution is 2.42. The Kier molecular flexibility index (Phi) is 8.68. The van der Waals surface area contributed by atoms with E-state index < -0.39 is 0 Å². The van der Waals surface area contributed by atoms with Gasteiger partial charge in [-0.05, 0) is 69.5 Å². The van der Waals surface area contributed by atoms with Crippen LogP contribution in [0.2, 0.25) is 0 Å². The molecule has 1 atom stereocenters. The fourth-order valence-electron chi connectivity index (χ4n) is 7.41. The Labute approximate surface area is 255 Å². The SMILES string of the molecule is C=CC(=O)N1CCC2(CCN(c3nc(Nc4ccc(N5CCC(N6CCN(C)CC6)CC5)cc4)c(C=O)nc3CC)C2)C1. The zero-order chi connectivity index (χ0) is 30.0. The Balaban J connectivity index is 1.11. The van der Waals surface area contributed by atoms with E-state index in [4.69, 9.17) is 9.97 Å². The summed E-state index contributed by atoms with van der Waals surface area (Å²) in [7, 11) is 2.21. The van der Waals surface area contributed by atoms with Crippen LogP contribution in [0, 0.1) is 5.41 Å². The van der Waals surface area contributed by atoms with Gasteiger partial charge in [-0.1, -0.05) is 13.5 Å². The summed E-state index contributed by atoms with van der Waals surface area (Å²) in [4.78, 5) is 45.8. The third kappa shape index (κ3) is 6.26. The molecule has 10 heteroatoms. The summed E-state index contributed by atoms with van der Waals surface area (Å²) in [5.74, 6) is 1.33. The zero-order valence-electron chi connectivity index (χ0n) is 25.8. The minimum absolute atomic E-state index is 0.00680. The summed E-state index contributed by atoms with van der Waals surface area (Å²) in [5, 5.41) is 3.39. The molecule has 1 N–H and O–H groups in total. The van der Waals surface area contributed by atoms with Crippen LogP contribution in [0.5, 0.6) is 0 Å². The molecule has 5 heterocycles. The first kappa shape index (κ1) is 29.6. The molecule has 4 saturated heterocycles. The number of hydrogen-bond acceptors (Lipinski definition) is 9. The van der Waals surface area contributed by atoms with Crippen LogP contribution < -0.4 is 15.1 Å². The Morgan fingerprint density at radius 1 is 0.977 bits per heavy atom. The van der Waals surface area contributed by atoms with Crippen LogP contribution in [0.1, 0.15) is 48.8 Å². The highest BCUT2D eigenvalue weighted by Gasteiger charge is 2.45. The number of aromatic nitrogens is 2. The molecule has 1 amide bonds. The number of rotatable bonds is 8. The van der Waals surface area contributed by atoms with Gasteiger partial charge in [0.2, 0.25) is 5.91 Å². The van der Waals surface area contributed by atoms with Crippen molar-refractivity contribution in [2.75, 3.05) is 87.6 Å². The van der Waals surface area contributed by atoms with Crippen LogP contribution in [-0.2, 0) is 11.2 Å². The lowest BCUT2D eigenvalue weighted by Crippen LogP contribution is -2.52. The van der Waals surface area contributed by atoms with Gasteiger partial charge in [0.05, 0.1) is 5.69 Å². The van der Waals surface area contributed by atoms with E-state index in [0.29, 0.717) is 24.0 Å². The van der Waals surface area contributed by atoms with E-state index >= 15 is 0 Å². The van der Waals surface area contributed by atoms with E-state index in [9.17, 15) is 9.59 Å². The van der Waals surface area contributed by atoms with Crippen LogP contribution in [0.15, 0.2) is 36.9 Å². The van der Waals surface area contributed by atoms with E-state index in [1.807, 2.05) is 11.8 Å². The van der Waals surface area contributed by atoms with Gasteiger partial charge in [0.1, 0.15) is 5.69 Å². The summed E-state index contributed by atoms with van der Waals surface area (Å²) in [5.41, 5.74) is 3.34. The van der Waals surface area contributed by atoms with Crippen molar-refractivity contribution in [1.82, 2.24) is 24.7 Å². The number of amides is 1. The lowest BCUT2D eigenvalue weighted by atomic mass is 9.86. The van der Waals surface area contributed by atoms with Gasteiger partial charge in [0.15, 0.2) is 17.9 Å². The predicted octanol–water partition coefficient (Wildman–Crippen LogP) is 3.43. The van der Waals surface area contributed by atoms with Crippen molar-refractivity contribution < 1.29 is 9.59 Å². The maximum absolute atomic E-state index is 12.2. The van der Waals surface area contributed by atoms with Crippen molar-refractivity contribution in [2.45, 2.75) is 45.1 Å². The number of carbonyl (C=O) groups is 2. The van der Waals surface area contributed by atoms with Crippen molar-refractivity contribution in [1.29, 1.82) is 0 Å². The maximum Gasteiger partial charge on any atom is 0.245 e. The zero-order valence-corrected chi connectivity index (χ0v) is 25.8. The molecule has 4 aliphatic heterocycles. The monoisotopic (exact) mass is 586 g/mol. The Morgan fingerprint density at radius 2 is 1.70 bits per heavy atom. The number of likely N-dealkylation sites (N-methyl/N-ethyl adjacent to an activating group) is 1. The lowest BCUT2D eigenvalue weighted by Gasteiger charge is -2.42. The second-order valence-corrected chi connectivity index (χ2v) is 12.8. The Hall–Kier alpha value is -3.50. The average molecular weight is 587 g/mol. The van der Waals surface area contributed by atoms with Crippen molar-refractivity contribution in [3.8, 4) is 0 Å². The first-order chi connectivity index (χ1) is 20.9. The van der Waals surface area contributed by atoms with Crippen LogP contribution in [0.25, 0.3) is 0 Å². The lowest BCUT2D eigenvalue weighted by molar-refractivity contribution is -0.125. The highest BCUT2D eigenvalue weighted by atomic mass is 16.2. The second-order valence-electron chi connectivity index (χ2n) is 12.8. The van der Waals surface area contributed by atoms with Crippen LogP contribution in [0.3, 0.4) is 0 Å². The van der Waals surface area contributed by atoms with Crippen LogP contribution in [0.4, 0.5) is 23.0 Å².